The molecule has 1 unspecified atom stereocenters. The highest BCUT2D eigenvalue weighted by molar-refractivity contribution is 5.79. The van der Waals surface area contributed by atoms with Crippen LogP contribution in [0.5, 0.6) is 0 Å². The number of carboxylic acids is 1. The Balaban J connectivity index is 1.89. The van der Waals surface area contributed by atoms with Gasteiger partial charge in [-0.05, 0) is 31.6 Å². The van der Waals surface area contributed by atoms with E-state index in [-0.39, 0.29) is 12.6 Å². The molecule has 1 saturated carbocycles. The second kappa shape index (κ2) is 5.39. The van der Waals surface area contributed by atoms with Gasteiger partial charge in [-0.2, -0.15) is 0 Å². The monoisotopic (exact) mass is 268 g/mol. The van der Waals surface area contributed by atoms with Crippen LogP contribution in [-0.4, -0.2) is 41.1 Å². The third-order valence-corrected chi connectivity index (χ3v) is 4.67. The van der Waals surface area contributed by atoms with E-state index in [4.69, 9.17) is 0 Å². The van der Waals surface area contributed by atoms with Crippen LogP contribution < -0.4 is 5.32 Å². The summed E-state index contributed by atoms with van der Waals surface area (Å²) in [5, 5.41) is 12.1. The molecule has 0 radical (unpaired) electrons. The van der Waals surface area contributed by atoms with Crippen molar-refractivity contribution in [2.24, 2.45) is 11.3 Å². The van der Waals surface area contributed by atoms with Crippen LogP contribution in [0.1, 0.15) is 46.0 Å². The number of likely N-dealkylation sites (tertiary alicyclic amines) is 1. The van der Waals surface area contributed by atoms with Crippen molar-refractivity contribution in [1.82, 2.24) is 10.2 Å². The van der Waals surface area contributed by atoms with Gasteiger partial charge in [-0.1, -0.05) is 20.3 Å². The van der Waals surface area contributed by atoms with Gasteiger partial charge in [0.1, 0.15) is 0 Å². The molecule has 1 heterocycles. The second-order valence-electron chi connectivity index (χ2n) is 6.24. The quantitative estimate of drug-likeness (QED) is 0.820. The fourth-order valence-corrected chi connectivity index (χ4v) is 3.15. The molecule has 1 aliphatic carbocycles. The van der Waals surface area contributed by atoms with E-state index in [1.165, 1.54) is 0 Å². The number of hydrogen-bond acceptors (Lipinski definition) is 2. The van der Waals surface area contributed by atoms with Crippen molar-refractivity contribution in [1.29, 1.82) is 0 Å². The molecule has 0 bridgehead atoms. The summed E-state index contributed by atoms with van der Waals surface area (Å²) < 4.78 is 0. The maximum atomic E-state index is 12.2. The molecule has 1 atom stereocenters. The summed E-state index contributed by atoms with van der Waals surface area (Å²) in [6.45, 7) is 5.30. The highest BCUT2D eigenvalue weighted by Crippen LogP contribution is 2.40. The van der Waals surface area contributed by atoms with Crippen molar-refractivity contribution in [3.05, 3.63) is 0 Å². The summed E-state index contributed by atoms with van der Waals surface area (Å²) in [6.07, 6.45) is 4.39. The molecule has 5 nitrogen and oxygen atoms in total. The Kier molecular flexibility index (Phi) is 4.02. The number of aliphatic carboxylic acids is 1. The predicted octanol–water partition coefficient (Wildman–Crippen LogP) is 2.07. The van der Waals surface area contributed by atoms with Gasteiger partial charge < -0.3 is 15.3 Å². The minimum absolute atomic E-state index is 0.0938. The van der Waals surface area contributed by atoms with E-state index in [0.29, 0.717) is 24.8 Å². The highest BCUT2D eigenvalue weighted by atomic mass is 16.4. The molecule has 2 fully saturated rings. The van der Waals surface area contributed by atoms with Gasteiger partial charge in [-0.3, -0.25) is 4.79 Å². The normalized spacial score (nSPS) is 25.2. The summed E-state index contributed by atoms with van der Waals surface area (Å²) in [7, 11) is 0. The van der Waals surface area contributed by atoms with E-state index in [1.807, 2.05) is 4.90 Å². The minimum atomic E-state index is -0.777. The topological polar surface area (TPSA) is 69.6 Å². The number of carbonyl (C=O) groups is 2. The summed E-state index contributed by atoms with van der Waals surface area (Å²) in [4.78, 5) is 25.3. The van der Waals surface area contributed by atoms with Gasteiger partial charge >= 0.3 is 12.0 Å². The third kappa shape index (κ3) is 2.69. The first-order valence-corrected chi connectivity index (χ1v) is 7.24. The van der Waals surface area contributed by atoms with Crippen molar-refractivity contribution in [3.8, 4) is 0 Å². The number of carboxylic acid groups (broad SMARTS) is 1. The van der Waals surface area contributed by atoms with E-state index >= 15 is 0 Å². The van der Waals surface area contributed by atoms with Crippen LogP contribution in [0.2, 0.25) is 0 Å². The van der Waals surface area contributed by atoms with Gasteiger partial charge in [-0.25, -0.2) is 4.79 Å². The lowest BCUT2D eigenvalue weighted by Gasteiger charge is -2.38. The molecule has 0 aromatic rings. The summed E-state index contributed by atoms with van der Waals surface area (Å²) in [6, 6.07) is 0.200. The van der Waals surface area contributed by atoms with Gasteiger partial charge in [0.05, 0.1) is 5.41 Å². The zero-order chi connectivity index (χ0) is 14.0. The zero-order valence-corrected chi connectivity index (χ0v) is 11.8. The molecule has 108 valence electrons. The van der Waals surface area contributed by atoms with Gasteiger partial charge in [0.2, 0.25) is 0 Å². The largest absolute Gasteiger partial charge is 0.481 e. The van der Waals surface area contributed by atoms with Crippen LogP contribution in [0.4, 0.5) is 4.79 Å². The smallest absolute Gasteiger partial charge is 0.317 e. The first kappa shape index (κ1) is 14.2. The van der Waals surface area contributed by atoms with E-state index < -0.39 is 11.4 Å². The second-order valence-corrected chi connectivity index (χ2v) is 6.24. The van der Waals surface area contributed by atoms with Crippen LogP contribution in [0, 0.1) is 11.3 Å². The van der Waals surface area contributed by atoms with Crippen LogP contribution in [-0.2, 0) is 4.79 Å². The lowest BCUT2D eigenvalue weighted by atomic mass is 9.69. The fraction of sp³-hybridized carbons (Fsp3) is 0.857. The van der Waals surface area contributed by atoms with E-state index in [0.717, 1.165) is 25.8 Å². The number of carbonyl (C=O) groups excluding carboxylic acids is 1. The van der Waals surface area contributed by atoms with E-state index in [9.17, 15) is 14.7 Å². The molecule has 0 aromatic heterocycles. The zero-order valence-electron chi connectivity index (χ0n) is 11.8. The first-order valence-electron chi connectivity index (χ1n) is 7.24. The molecular weight excluding hydrogens is 244 g/mol. The number of nitrogens with zero attached hydrogens (tertiary/aromatic N) is 1. The van der Waals surface area contributed by atoms with Crippen LogP contribution in [0.15, 0.2) is 0 Å². The number of hydrogen-bond donors (Lipinski definition) is 2. The molecule has 19 heavy (non-hydrogen) atoms. The predicted molar refractivity (Wildman–Crippen MR) is 71.9 cm³/mol. The molecule has 2 amide bonds. The number of nitrogens with one attached hydrogen (secondary N) is 1. The number of amides is 2. The maximum absolute atomic E-state index is 12.2. The molecule has 0 aromatic carbocycles. The lowest BCUT2D eigenvalue weighted by Crippen LogP contribution is -2.52. The van der Waals surface area contributed by atoms with Gasteiger partial charge in [0, 0.05) is 19.1 Å². The minimum Gasteiger partial charge on any atom is -0.481 e. The SMILES string of the molecule is CC(C)C1CCCN1C(=O)NCC1(C(=O)O)CCC1. The maximum Gasteiger partial charge on any atom is 0.317 e. The standard InChI is InChI=1S/C14H24N2O3/c1-10(2)11-5-3-8-16(11)13(19)15-9-14(12(17)18)6-4-7-14/h10-11H,3-9H2,1-2H3,(H,15,19)(H,17,18). The van der Waals surface area contributed by atoms with Crippen molar-refractivity contribution in [2.75, 3.05) is 13.1 Å². The summed E-state index contributed by atoms with van der Waals surface area (Å²) >= 11 is 0. The Bertz CT molecular complexity index is 364. The molecular formula is C14H24N2O3. The van der Waals surface area contributed by atoms with Crippen molar-refractivity contribution in [3.63, 3.8) is 0 Å². The van der Waals surface area contributed by atoms with Crippen LogP contribution in [0.3, 0.4) is 0 Å². The molecule has 0 spiro atoms. The number of urea groups is 1. The van der Waals surface area contributed by atoms with Crippen molar-refractivity contribution in [2.45, 2.75) is 52.0 Å². The van der Waals surface area contributed by atoms with Gasteiger partial charge in [0.25, 0.3) is 0 Å². The Labute approximate surface area is 114 Å². The Morgan fingerprint density at radius 2 is 2.05 bits per heavy atom. The fourth-order valence-electron chi connectivity index (χ4n) is 3.15. The average Bonchev–Trinajstić information content (AvgIpc) is 2.75. The third-order valence-electron chi connectivity index (χ3n) is 4.67. The molecule has 2 aliphatic rings. The number of rotatable bonds is 4. The van der Waals surface area contributed by atoms with E-state index in [2.05, 4.69) is 19.2 Å². The molecule has 2 rings (SSSR count). The molecule has 1 aliphatic heterocycles. The Morgan fingerprint density at radius 1 is 1.37 bits per heavy atom. The van der Waals surface area contributed by atoms with Gasteiger partial charge in [-0.15, -0.1) is 0 Å². The summed E-state index contributed by atoms with van der Waals surface area (Å²) in [5.41, 5.74) is -0.706. The molecule has 1 saturated heterocycles. The first-order chi connectivity index (χ1) is 8.96. The molecule has 5 heteroatoms. The highest BCUT2D eigenvalue weighted by Gasteiger charge is 2.45. The Hall–Kier alpha value is -1.26. The van der Waals surface area contributed by atoms with Crippen molar-refractivity contribution < 1.29 is 14.7 Å². The Morgan fingerprint density at radius 3 is 2.53 bits per heavy atom. The average molecular weight is 268 g/mol. The lowest BCUT2D eigenvalue weighted by molar-refractivity contribution is -0.153. The van der Waals surface area contributed by atoms with Gasteiger partial charge in [0.15, 0.2) is 0 Å². The van der Waals surface area contributed by atoms with Crippen LogP contribution in [0.25, 0.3) is 0 Å². The molecule has 2 N–H and O–H groups in total. The van der Waals surface area contributed by atoms with Crippen LogP contribution >= 0.6 is 0 Å². The summed E-state index contributed by atoms with van der Waals surface area (Å²) in [5.74, 6) is -0.328. The van der Waals surface area contributed by atoms with Crippen molar-refractivity contribution >= 4 is 12.0 Å². The van der Waals surface area contributed by atoms with E-state index in [1.54, 1.807) is 0 Å².